The minimum Gasteiger partial charge on any atom is -0.310 e. The third kappa shape index (κ3) is 4.52. The zero-order valence-electron chi connectivity index (χ0n) is 10.7. The smallest absolute Gasteiger partial charge is 0.132 e. The van der Waals surface area contributed by atoms with Crippen LogP contribution in [0.25, 0.3) is 0 Å². The van der Waals surface area contributed by atoms with Crippen molar-refractivity contribution in [3.05, 3.63) is 0 Å². The number of unbranched alkanes of at least 4 members (excludes halogenated alkanes) is 4. The average Bonchev–Trinajstić information content (AvgIpc) is 2.68. The van der Waals surface area contributed by atoms with Crippen molar-refractivity contribution in [1.82, 2.24) is 5.32 Å². The summed E-state index contributed by atoms with van der Waals surface area (Å²) in [5, 5.41) is 3.54. The van der Waals surface area contributed by atoms with Gasteiger partial charge in [0.2, 0.25) is 0 Å². The molecule has 0 unspecified atom stereocenters. The van der Waals surface area contributed by atoms with Gasteiger partial charge in [0.15, 0.2) is 0 Å². The van der Waals surface area contributed by atoms with Crippen molar-refractivity contribution in [2.24, 2.45) is 0 Å². The molecule has 0 bridgehead atoms. The molecule has 0 aromatic carbocycles. The van der Waals surface area contributed by atoms with E-state index in [1.165, 1.54) is 75.9 Å². The van der Waals surface area contributed by atoms with Gasteiger partial charge in [0.25, 0.3) is 0 Å². The highest BCUT2D eigenvalue weighted by Gasteiger charge is 2.29. The summed E-state index contributed by atoms with van der Waals surface area (Å²) in [5.41, 5.74) is 0. The van der Waals surface area contributed by atoms with Crippen LogP contribution < -0.4 is 5.32 Å². The summed E-state index contributed by atoms with van der Waals surface area (Å²) in [6.07, 6.45) is 8.36. The molecule has 0 aromatic heterocycles. The Balaban J connectivity index is 2.26. The van der Waals surface area contributed by atoms with Gasteiger partial charge in [-0.1, -0.05) is 26.7 Å². The minimum absolute atomic E-state index is 1.23. The molecule has 2 nitrogen and oxygen atoms in total. The summed E-state index contributed by atoms with van der Waals surface area (Å²) in [6, 6.07) is 0. The van der Waals surface area contributed by atoms with Crippen molar-refractivity contribution in [2.75, 3.05) is 32.8 Å². The van der Waals surface area contributed by atoms with Crippen LogP contribution in [0.3, 0.4) is 0 Å². The van der Waals surface area contributed by atoms with Gasteiger partial charge in [0.05, 0.1) is 19.6 Å². The number of quaternary nitrogens is 1. The number of nitrogens with one attached hydrogen (secondary N) is 1. The molecule has 0 radical (unpaired) electrons. The van der Waals surface area contributed by atoms with Crippen molar-refractivity contribution < 1.29 is 4.48 Å². The maximum atomic E-state index is 3.54. The first-order chi connectivity index (χ1) is 7.33. The van der Waals surface area contributed by atoms with Crippen molar-refractivity contribution >= 4 is 0 Å². The maximum absolute atomic E-state index is 3.54. The highest BCUT2D eigenvalue weighted by atomic mass is 15.4. The van der Waals surface area contributed by atoms with Gasteiger partial charge in [-0.15, -0.1) is 0 Å². The monoisotopic (exact) mass is 213 g/mol. The summed E-state index contributed by atoms with van der Waals surface area (Å²) in [6.45, 7) is 11.2. The zero-order chi connectivity index (χ0) is 11.0. The molecule has 0 spiro atoms. The predicted octanol–water partition coefficient (Wildman–Crippen LogP) is 2.74. The SMILES string of the molecule is CCCCC[N+]1(CCCCC)CCNC1. The summed E-state index contributed by atoms with van der Waals surface area (Å²) < 4.78 is 1.36. The van der Waals surface area contributed by atoms with Crippen LogP contribution in [0.2, 0.25) is 0 Å². The quantitative estimate of drug-likeness (QED) is 0.483. The van der Waals surface area contributed by atoms with E-state index in [4.69, 9.17) is 0 Å². The van der Waals surface area contributed by atoms with E-state index in [0.29, 0.717) is 0 Å². The number of hydrogen-bond donors (Lipinski definition) is 1. The molecule has 1 aliphatic rings. The molecule has 0 aliphatic carbocycles. The van der Waals surface area contributed by atoms with E-state index in [1.807, 2.05) is 0 Å². The van der Waals surface area contributed by atoms with Crippen LogP contribution in [0.4, 0.5) is 0 Å². The van der Waals surface area contributed by atoms with E-state index < -0.39 is 0 Å². The molecular formula is C13H29N2+. The fraction of sp³-hybridized carbons (Fsp3) is 1.00. The van der Waals surface area contributed by atoms with Gasteiger partial charge >= 0.3 is 0 Å². The second kappa shape index (κ2) is 7.24. The Labute approximate surface area is 95.6 Å². The topological polar surface area (TPSA) is 12.0 Å². The van der Waals surface area contributed by atoms with Gasteiger partial charge in [0, 0.05) is 6.54 Å². The number of rotatable bonds is 8. The van der Waals surface area contributed by atoms with Crippen LogP contribution >= 0.6 is 0 Å². The normalized spacial score (nSPS) is 19.6. The lowest BCUT2D eigenvalue weighted by atomic mass is 10.2. The van der Waals surface area contributed by atoms with Gasteiger partial charge in [0.1, 0.15) is 6.67 Å². The molecule has 90 valence electrons. The predicted molar refractivity (Wildman–Crippen MR) is 66.8 cm³/mol. The summed E-state index contributed by atoms with van der Waals surface area (Å²) >= 11 is 0. The summed E-state index contributed by atoms with van der Waals surface area (Å²) in [4.78, 5) is 0. The van der Waals surface area contributed by atoms with Crippen LogP contribution in [0.1, 0.15) is 52.4 Å². The average molecular weight is 213 g/mol. The molecule has 1 fully saturated rings. The molecule has 1 heterocycles. The van der Waals surface area contributed by atoms with E-state index >= 15 is 0 Å². The van der Waals surface area contributed by atoms with Gasteiger partial charge < -0.3 is 4.48 Å². The molecule has 1 N–H and O–H groups in total. The molecule has 0 aromatic rings. The second-order valence-corrected chi connectivity index (χ2v) is 5.08. The molecule has 1 rings (SSSR count). The Morgan fingerprint density at radius 1 is 0.933 bits per heavy atom. The maximum Gasteiger partial charge on any atom is 0.132 e. The first-order valence-electron chi connectivity index (χ1n) is 6.89. The van der Waals surface area contributed by atoms with Crippen LogP contribution in [0.15, 0.2) is 0 Å². The second-order valence-electron chi connectivity index (χ2n) is 5.08. The Hall–Kier alpha value is -0.0800. The molecule has 1 saturated heterocycles. The fourth-order valence-electron chi connectivity index (χ4n) is 2.60. The van der Waals surface area contributed by atoms with E-state index in [-0.39, 0.29) is 0 Å². The van der Waals surface area contributed by atoms with Crippen molar-refractivity contribution in [1.29, 1.82) is 0 Å². The fourth-order valence-corrected chi connectivity index (χ4v) is 2.60. The van der Waals surface area contributed by atoms with E-state index in [0.717, 1.165) is 0 Å². The first kappa shape index (κ1) is 13.0. The molecule has 0 saturated carbocycles. The van der Waals surface area contributed by atoms with Gasteiger partial charge in [-0.25, -0.2) is 0 Å². The van der Waals surface area contributed by atoms with E-state index in [1.54, 1.807) is 0 Å². The molecule has 0 atom stereocenters. The Bertz CT molecular complexity index is 139. The van der Waals surface area contributed by atoms with Crippen LogP contribution in [-0.4, -0.2) is 37.3 Å². The Morgan fingerprint density at radius 2 is 1.53 bits per heavy atom. The third-order valence-corrected chi connectivity index (χ3v) is 3.68. The number of hydrogen-bond acceptors (Lipinski definition) is 1. The largest absolute Gasteiger partial charge is 0.310 e. The molecular weight excluding hydrogens is 184 g/mol. The lowest BCUT2D eigenvalue weighted by molar-refractivity contribution is -0.917. The minimum atomic E-state index is 1.23. The first-order valence-corrected chi connectivity index (χ1v) is 6.89. The van der Waals surface area contributed by atoms with E-state index in [2.05, 4.69) is 19.2 Å². The standard InChI is InChI=1S/C13H29N2/c1-3-5-7-10-15(11-8-6-4-2)12-9-14-13-15/h14H,3-13H2,1-2H3/q+1. The van der Waals surface area contributed by atoms with E-state index in [9.17, 15) is 0 Å². The van der Waals surface area contributed by atoms with Crippen molar-refractivity contribution in [2.45, 2.75) is 52.4 Å². The molecule has 1 aliphatic heterocycles. The lowest BCUT2D eigenvalue weighted by Gasteiger charge is -2.33. The van der Waals surface area contributed by atoms with Crippen molar-refractivity contribution in [3.8, 4) is 0 Å². The summed E-state index contributed by atoms with van der Waals surface area (Å²) in [7, 11) is 0. The van der Waals surface area contributed by atoms with Gasteiger partial charge in [-0.05, 0) is 25.7 Å². The molecule has 0 amide bonds. The highest BCUT2D eigenvalue weighted by molar-refractivity contribution is 4.56. The number of nitrogens with zero attached hydrogens (tertiary/aromatic N) is 1. The van der Waals surface area contributed by atoms with Crippen LogP contribution in [0, 0.1) is 0 Å². The van der Waals surface area contributed by atoms with Crippen LogP contribution in [0.5, 0.6) is 0 Å². The van der Waals surface area contributed by atoms with Gasteiger partial charge in [-0.2, -0.15) is 0 Å². The third-order valence-electron chi connectivity index (χ3n) is 3.68. The zero-order valence-corrected chi connectivity index (χ0v) is 10.7. The molecule has 15 heavy (non-hydrogen) atoms. The Morgan fingerprint density at radius 3 is 1.93 bits per heavy atom. The summed E-state index contributed by atoms with van der Waals surface area (Å²) in [5.74, 6) is 0. The molecule has 2 heteroatoms. The highest BCUT2D eigenvalue weighted by Crippen LogP contribution is 2.15. The lowest BCUT2D eigenvalue weighted by Crippen LogP contribution is -2.48. The van der Waals surface area contributed by atoms with Crippen molar-refractivity contribution in [3.63, 3.8) is 0 Å². The Kier molecular flexibility index (Phi) is 6.26. The van der Waals surface area contributed by atoms with Crippen LogP contribution in [-0.2, 0) is 0 Å². The van der Waals surface area contributed by atoms with Gasteiger partial charge in [-0.3, -0.25) is 5.32 Å².